The lowest BCUT2D eigenvalue weighted by Gasteiger charge is -2.00. The highest BCUT2D eigenvalue weighted by atomic mass is 19.1. The summed E-state index contributed by atoms with van der Waals surface area (Å²) >= 11 is 0. The Bertz CT molecular complexity index is 439. The largest absolute Gasteiger partial charge is 0.308 e. The van der Waals surface area contributed by atoms with Gasteiger partial charge in [0.25, 0.3) is 0 Å². The Balaban J connectivity index is 2.44. The van der Waals surface area contributed by atoms with Gasteiger partial charge in [-0.25, -0.2) is 9.97 Å². The van der Waals surface area contributed by atoms with E-state index in [2.05, 4.69) is 15.0 Å². The molecule has 2 aromatic heterocycles. The molecule has 0 aliphatic carbocycles. The third-order valence-corrected chi connectivity index (χ3v) is 1.85. The summed E-state index contributed by atoms with van der Waals surface area (Å²) in [5, 5.41) is 0. The number of aryl methyl sites for hydroxylation is 1. The molecule has 0 spiro atoms. The van der Waals surface area contributed by atoms with E-state index in [0.29, 0.717) is 0 Å². The van der Waals surface area contributed by atoms with Crippen molar-refractivity contribution in [1.82, 2.24) is 15.0 Å². The minimum Gasteiger partial charge on any atom is -0.262 e. The minimum atomic E-state index is -0.709. The van der Waals surface area contributed by atoms with E-state index in [0.717, 1.165) is 16.8 Å². The number of hydrogen-bond donors (Lipinski definition) is 0. The van der Waals surface area contributed by atoms with Crippen LogP contribution in [-0.2, 0) is 0 Å². The first-order valence-electron chi connectivity index (χ1n) is 4.16. The van der Waals surface area contributed by atoms with Gasteiger partial charge in [-0.05, 0) is 24.6 Å². The van der Waals surface area contributed by atoms with Crippen LogP contribution in [0.3, 0.4) is 0 Å². The Morgan fingerprint density at radius 3 is 2.43 bits per heavy atom. The summed E-state index contributed by atoms with van der Waals surface area (Å²) in [4.78, 5) is 11.0. The lowest BCUT2D eigenvalue weighted by molar-refractivity contribution is 0.539. The van der Waals surface area contributed by atoms with E-state index in [9.17, 15) is 4.39 Å². The molecule has 14 heavy (non-hydrogen) atoms. The molecule has 3 nitrogen and oxygen atoms in total. The normalized spacial score (nSPS) is 10.1. The number of halogens is 1. The monoisotopic (exact) mass is 189 g/mol. The molecule has 2 aromatic rings. The van der Waals surface area contributed by atoms with E-state index < -0.39 is 6.08 Å². The van der Waals surface area contributed by atoms with Crippen LogP contribution in [0.1, 0.15) is 5.69 Å². The fourth-order valence-corrected chi connectivity index (χ4v) is 1.19. The number of hydrogen-bond acceptors (Lipinski definition) is 3. The second-order valence-electron chi connectivity index (χ2n) is 2.93. The minimum absolute atomic E-state index is 0.709. The maximum absolute atomic E-state index is 12.4. The molecule has 0 aromatic carbocycles. The number of aromatic nitrogens is 3. The van der Waals surface area contributed by atoms with Crippen LogP contribution >= 0.6 is 0 Å². The molecule has 0 aliphatic rings. The molecule has 70 valence electrons. The average Bonchev–Trinajstić information content (AvgIpc) is 2.19. The summed E-state index contributed by atoms with van der Waals surface area (Å²) in [7, 11) is 0. The molecule has 0 radical (unpaired) electrons. The molecule has 0 atom stereocenters. The van der Waals surface area contributed by atoms with Gasteiger partial charge in [-0.3, -0.25) is 4.98 Å². The van der Waals surface area contributed by atoms with Crippen molar-refractivity contribution >= 4 is 0 Å². The predicted molar refractivity (Wildman–Crippen MR) is 50.0 cm³/mol. The predicted octanol–water partition coefficient (Wildman–Crippen LogP) is 1.99. The van der Waals surface area contributed by atoms with Crippen LogP contribution in [0.5, 0.6) is 0 Å². The molecule has 4 heteroatoms. The first-order valence-corrected chi connectivity index (χ1v) is 4.16. The molecule has 0 saturated heterocycles. The second kappa shape index (κ2) is 3.49. The number of pyridine rings is 1. The molecule has 0 unspecified atom stereocenters. The van der Waals surface area contributed by atoms with Crippen LogP contribution in [0.15, 0.2) is 30.7 Å². The van der Waals surface area contributed by atoms with Crippen LogP contribution < -0.4 is 0 Å². The SMILES string of the molecule is Cc1cc(-c2cnc(F)nc2)ccn1. The fourth-order valence-electron chi connectivity index (χ4n) is 1.19. The molecule has 0 aliphatic heterocycles. The number of rotatable bonds is 1. The van der Waals surface area contributed by atoms with E-state index in [1.165, 1.54) is 12.4 Å². The van der Waals surface area contributed by atoms with Gasteiger partial charge < -0.3 is 0 Å². The van der Waals surface area contributed by atoms with E-state index in [1.807, 2.05) is 19.1 Å². The van der Waals surface area contributed by atoms with Crippen LogP contribution in [0.2, 0.25) is 0 Å². The van der Waals surface area contributed by atoms with Crippen molar-refractivity contribution in [3.05, 3.63) is 42.5 Å². The first-order chi connectivity index (χ1) is 6.75. The lowest BCUT2D eigenvalue weighted by Crippen LogP contribution is -1.89. The number of nitrogens with zero attached hydrogens (tertiary/aromatic N) is 3. The van der Waals surface area contributed by atoms with E-state index in [1.54, 1.807) is 6.20 Å². The van der Waals surface area contributed by atoms with Crippen LogP contribution in [0.25, 0.3) is 11.1 Å². The maximum Gasteiger partial charge on any atom is 0.308 e. The quantitative estimate of drug-likeness (QED) is 0.644. The second-order valence-corrected chi connectivity index (χ2v) is 2.93. The molecule has 0 fully saturated rings. The third-order valence-electron chi connectivity index (χ3n) is 1.85. The summed E-state index contributed by atoms with van der Waals surface area (Å²) in [6.07, 6.45) is 3.90. The van der Waals surface area contributed by atoms with Crippen LogP contribution in [0.4, 0.5) is 4.39 Å². The summed E-state index contributed by atoms with van der Waals surface area (Å²) in [6, 6.07) is 3.74. The fraction of sp³-hybridized carbons (Fsp3) is 0.100. The molecule has 0 N–H and O–H groups in total. The van der Waals surface area contributed by atoms with E-state index in [4.69, 9.17) is 0 Å². The van der Waals surface area contributed by atoms with Gasteiger partial charge in [0.1, 0.15) is 0 Å². The highest BCUT2D eigenvalue weighted by molar-refractivity contribution is 5.61. The van der Waals surface area contributed by atoms with Crippen molar-refractivity contribution in [2.75, 3.05) is 0 Å². The van der Waals surface area contributed by atoms with E-state index in [-0.39, 0.29) is 0 Å². The van der Waals surface area contributed by atoms with Crippen LogP contribution in [0, 0.1) is 13.0 Å². The molecule has 0 saturated carbocycles. The summed E-state index contributed by atoms with van der Waals surface area (Å²) in [5.41, 5.74) is 2.64. The van der Waals surface area contributed by atoms with Crippen molar-refractivity contribution in [2.45, 2.75) is 6.92 Å². The molecule has 0 amide bonds. The summed E-state index contributed by atoms with van der Waals surface area (Å²) in [5.74, 6) is 0. The standard InChI is InChI=1S/C10H8FN3/c1-7-4-8(2-3-12-7)9-5-13-10(11)14-6-9/h2-6H,1H3. The Hall–Kier alpha value is -1.84. The molecule has 2 heterocycles. The van der Waals surface area contributed by atoms with Gasteiger partial charge in [0.05, 0.1) is 0 Å². The summed E-state index contributed by atoms with van der Waals surface area (Å²) < 4.78 is 12.4. The van der Waals surface area contributed by atoms with Gasteiger partial charge in [-0.2, -0.15) is 4.39 Å². The Morgan fingerprint density at radius 1 is 1.07 bits per heavy atom. The molecular weight excluding hydrogens is 181 g/mol. The van der Waals surface area contributed by atoms with Crippen molar-refractivity contribution in [3.63, 3.8) is 0 Å². The maximum atomic E-state index is 12.4. The van der Waals surface area contributed by atoms with Gasteiger partial charge in [0, 0.05) is 29.8 Å². The zero-order valence-electron chi connectivity index (χ0n) is 7.61. The highest BCUT2D eigenvalue weighted by Crippen LogP contribution is 2.16. The summed E-state index contributed by atoms with van der Waals surface area (Å²) in [6.45, 7) is 1.90. The van der Waals surface area contributed by atoms with Gasteiger partial charge in [-0.1, -0.05) is 0 Å². The first kappa shape index (κ1) is 8.74. The van der Waals surface area contributed by atoms with Gasteiger partial charge in [-0.15, -0.1) is 0 Å². The van der Waals surface area contributed by atoms with Gasteiger partial charge >= 0.3 is 6.08 Å². The van der Waals surface area contributed by atoms with Crippen molar-refractivity contribution in [2.24, 2.45) is 0 Å². The van der Waals surface area contributed by atoms with Gasteiger partial charge in [0.15, 0.2) is 0 Å². The highest BCUT2D eigenvalue weighted by Gasteiger charge is 1.99. The Morgan fingerprint density at radius 2 is 1.79 bits per heavy atom. The van der Waals surface area contributed by atoms with Crippen molar-refractivity contribution in [1.29, 1.82) is 0 Å². The Labute approximate surface area is 80.7 Å². The van der Waals surface area contributed by atoms with Crippen molar-refractivity contribution < 1.29 is 4.39 Å². The molecule has 2 rings (SSSR count). The zero-order valence-corrected chi connectivity index (χ0v) is 7.61. The van der Waals surface area contributed by atoms with Gasteiger partial charge in [0.2, 0.25) is 0 Å². The topological polar surface area (TPSA) is 38.7 Å². The lowest BCUT2D eigenvalue weighted by atomic mass is 10.1. The van der Waals surface area contributed by atoms with Crippen LogP contribution in [-0.4, -0.2) is 15.0 Å². The smallest absolute Gasteiger partial charge is 0.262 e. The zero-order chi connectivity index (χ0) is 9.97. The Kier molecular flexibility index (Phi) is 2.18. The third kappa shape index (κ3) is 1.74. The molecule has 0 bridgehead atoms. The van der Waals surface area contributed by atoms with E-state index >= 15 is 0 Å². The average molecular weight is 189 g/mol. The van der Waals surface area contributed by atoms with Crippen molar-refractivity contribution in [3.8, 4) is 11.1 Å². The molecular formula is C10H8FN3.